The van der Waals surface area contributed by atoms with Gasteiger partial charge in [-0.1, -0.05) is 29.4 Å². The molecule has 0 amide bonds. The second-order valence-electron chi connectivity index (χ2n) is 15.5. The smallest absolute Gasteiger partial charge is 0.330 e. The number of rotatable bonds is 8. The average Bonchev–Trinajstić information content (AvgIpc) is 3.72. The zero-order chi connectivity index (χ0) is 34.1. The van der Waals surface area contributed by atoms with Crippen LogP contribution in [0.1, 0.15) is 103 Å². The van der Waals surface area contributed by atoms with Crippen LogP contribution in [0.15, 0.2) is 41.0 Å². The molecule has 4 aliphatic heterocycles. The summed E-state index contributed by atoms with van der Waals surface area (Å²) in [6, 6.07) is 0. The number of carboxylic acid groups (broad SMARTS) is 1. The number of aromatic hydroxyl groups is 1. The molecule has 3 saturated carbocycles. The fraction of sp³-hybridized carbons (Fsp3) is 0.553. The number of aliphatic carboxylic acids is 1. The molecule has 9 heteroatoms. The van der Waals surface area contributed by atoms with E-state index in [4.69, 9.17) is 18.9 Å². The molecule has 5 fully saturated rings. The Bertz CT molecular complexity index is 1770. The normalized spacial score (nSPS) is 36.3. The molecule has 0 unspecified atom stereocenters. The summed E-state index contributed by atoms with van der Waals surface area (Å²) in [5.41, 5.74) is -3.06. The maximum atomic E-state index is 15.0. The fourth-order valence-electron chi connectivity index (χ4n) is 9.13. The number of benzene rings is 1. The van der Waals surface area contributed by atoms with Gasteiger partial charge in [-0.2, -0.15) is 0 Å². The van der Waals surface area contributed by atoms with Crippen LogP contribution in [0, 0.1) is 11.8 Å². The summed E-state index contributed by atoms with van der Waals surface area (Å²) < 4.78 is 27.1. The van der Waals surface area contributed by atoms with Gasteiger partial charge in [-0.3, -0.25) is 9.59 Å². The van der Waals surface area contributed by atoms with E-state index in [0.717, 1.165) is 12.0 Å². The predicted octanol–water partition coefficient (Wildman–Crippen LogP) is 6.45. The summed E-state index contributed by atoms with van der Waals surface area (Å²) in [5, 5.41) is 21.6. The highest BCUT2D eigenvalue weighted by Crippen LogP contribution is 2.77. The van der Waals surface area contributed by atoms with Crippen LogP contribution in [0.3, 0.4) is 0 Å². The first-order chi connectivity index (χ1) is 22.0. The van der Waals surface area contributed by atoms with E-state index in [-0.39, 0.29) is 34.8 Å². The van der Waals surface area contributed by atoms with Gasteiger partial charge in [0, 0.05) is 23.5 Å². The Balaban J connectivity index is 1.46. The molecule has 7 atom stereocenters. The van der Waals surface area contributed by atoms with Crippen LogP contribution < -0.4 is 9.47 Å². The third-order valence-corrected chi connectivity index (χ3v) is 11.4. The van der Waals surface area contributed by atoms with E-state index < -0.39 is 57.7 Å². The molecular formula is C38H44O9. The molecule has 2 saturated heterocycles. The van der Waals surface area contributed by atoms with Gasteiger partial charge in [0.2, 0.25) is 11.4 Å². The highest BCUT2D eigenvalue weighted by Gasteiger charge is 2.97. The highest BCUT2D eigenvalue weighted by atomic mass is 16.7. The molecule has 47 heavy (non-hydrogen) atoms. The van der Waals surface area contributed by atoms with Crippen LogP contribution in [-0.4, -0.2) is 61.9 Å². The van der Waals surface area contributed by atoms with Gasteiger partial charge in [-0.25, -0.2) is 4.79 Å². The third kappa shape index (κ3) is 3.99. The van der Waals surface area contributed by atoms with Crippen LogP contribution in [-0.2, 0) is 25.5 Å². The maximum absolute atomic E-state index is 15.0. The molecule has 4 bridgehead atoms. The number of epoxide rings is 1. The lowest BCUT2D eigenvalue weighted by Crippen LogP contribution is -2.80. The first-order valence-electron chi connectivity index (χ1n) is 16.6. The molecule has 0 aromatic heterocycles. The Hall–Kier alpha value is -3.69. The molecule has 1 aromatic carbocycles. The SMILES string of the molecule is CC(C)=CCC[C@]1(C)C=Cc2c(O)c3c(c(CC=C(C)C)c2O1)O[C@@]12[C@H]4C[C@H](C(=O)[C@]1(C/C=C(/C)C(=O)O)OC4(C)C)[C@@H]1O[C@@]12C3=O. The van der Waals surface area contributed by atoms with Crippen molar-refractivity contribution in [2.45, 2.75) is 122 Å². The number of phenolic OH excluding ortho intramolecular Hbond substituents is 1. The molecule has 4 heterocycles. The second kappa shape index (κ2) is 9.92. The second-order valence-corrected chi connectivity index (χ2v) is 15.5. The van der Waals surface area contributed by atoms with Crippen LogP contribution in [0.2, 0.25) is 0 Å². The molecule has 7 aliphatic rings. The first kappa shape index (κ1) is 31.9. The number of phenols is 1. The maximum Gasteiger partial charge on any atom is 0.330 e. The van der Waals surface area contributed by atoms with Gasteiger partial charge in [0.1, 0.15) is 34.5 Å². The van der Waals surface area contributed by atoms with E-state index in [1.54, 1.807) is 0 Å². The number of ketones is 2. The molecule has 250 valence electrons. The van der Waals surface area contributed by atoms with Crippen molar-refractivity contribution >= 4 is 23.6 Å². The van der Waals surface area contributed by atoms with Gasteiger partial charge >= 0.3 is 5.97 Å². The number of carbonyl (C=O) groups is 3. The van der Waals surface area contributed by atoms with Gasteiger partial charge < -0.3 is 29.2 Å². The summed E-state index contributed by atoms with van der Waals surface area (Å²) in [5.74, 6) is -2.45. The summed E-state index contributed by atoms with van der Waals surface area (Å²) in [6.07, 6.45) is 10.9. The lowest BCUT2D eigenvalue weighted by Gasteiger charge is -2.58. The molecule has 0 radical (unpaired) electrons. The van der Waals surface area contributed by atoms with Crippen molar-refractivity contribution in [1.29, 1.82) is 0 Å². The Morgan fingerprint density at radius 1 is 1.00 bits per heavy atom. The van der Waals surface area contributed by atoms with Crippen LogP contribution in [0.25, 0.3) is 6.08 Å². The van der Waals surface area contributed by atoms with Gasteiger partial charge in [0.05, 0.1) is 17.1 Å². The van der Waals surface area contributed by atoms with Gasteiger partial charge in [0.25, 0.3) is 0 Å². The van der Waals surface area contributed by atoms with Crippen LogP contribution in [0.4, 0.5) is 0 Å². The summed E-state index contributed by atoms with van der Waals surface area (Å²) >= 11 is 0. The minimum atomic E-state index is -1.68. The summed E-state index contributed by atoms with van der Waals surface area (Å²) in [4.78, 5) is 41.4. The molecule has 9 nitrogen and oxygen atoms in total. The van der Waals surface area contributed by atoms with E-state index in [1.807, 2.05) is 52.8 Å². The van der Waals surface area contributed by atoms with E-state index in [1.165, 1.54) is 18.6 Å². The molecular weight excluding hydrogens is 600 g/mol. The van der Waals surface area contributed by atoms with Crippen molar-refractivity contribution in [2.24, 2.45) is 11.8 Å². The minimum Gasteiger partial charge on any atom is -0.506 e. The van der Waals surface area contributed by atoms with E-state index in [0.29, 0.717) is 36.1 Å². The number of hydrogen-bond donors (Lipinski definition) is 2. The zero-order valence-corrected chi connectivity index (χ0v) is 28.4. The third-order valence-electron chi connectivity index (χ3n) is 11.4. The van der Waals surface area contributed by atoms with Crippen molar-refractivity contribution in [3.05, 3.63) is 57.7 Å². The Labute approximate surface area is 275 Å². The Morgan fingerprint density at radius 3 is 2.36 bits per heavy atom. The lowest BCUT2D eigenvalue weighted by molar-refractivity contribution is -0.192. The average molecular weight is 645 g/mol. The highest BCUT2D eigenvalue weighted by molar-refractivity contribution is 6.16. The molecule has 1 aromatic rings. The van der Waals surface area contributed by atoms with E-state index in [2.05, 4.69) is 19.9 Å². The summed E-state index contributed by atoms with van der Waals surface area (Å²) in [7, 11) is 0. The standard InChI is InChI=1S/C38H44O9/c1-19(2)10-9-15-35(8)16-14-22-27(39)26-29(23(28(22)44-35)12-11-20(3)4)45-38-25-18-24(32-37(38,46-32)31(26)41)30(40)36(38,47-34(25,6)7)17-13-21(5)33(42)43/h10-11,13-14,16,24-25,32,39H,9,12,15,17-18H2,1-8H3,(H,42,43)/b21-13-/t24-,25+,32+,35-,36+,37+,38+/m1/s1. The van der Waals surface area contributed by atoms with Crippen molar-refractivity contribution in [2.75, 3.05) is 0 Å². The Kier molecular flexibility index (Phi) is 6.73. The molecule has 8 rings (SSSR count). The van der Waals surface area contributed by atoms with Crippen molar-refractivity contribution < 1.29 is 43.5 Å². The number of Topliss-reactive ketones (excluding diaryl/α,β-unsaturated/α-hetero) is 2. The van der Waals surface area contributed by atoms with Crippen molar-refractivity contribution in [3.63, 3.8) is 0 Å². The molecule has 3 aliphatic carbocycles. The predicted molar refractivity (Wildman–Crippen MR) is 174 cm³/mol. The first-order valence-corrected chi connectivity index (χ1v) is 16.6. The van der Waals surface area contributed by atoms with Crippen molar-refractivity contribution in [1.82, 2.24) is 0 Å². The number of ether oxygens (including phenoxy) is 4. The lowest BCUT2D eigenvalue weighted by atomic mass is 9.46. The fourth-order valence-corrected chi connectivity index (χ4v) is 9.13. The van der Waals surface area contributed by atoms with Gasteiger partial charge in [0.15, 0.2) is 17.0 Å². The van der Waals surface area contributed by atoms with E-state index >= 15 is 4.79 Å². The van der Waals surface area contributed by atoms with Crippen molar-refractivity contribution in [3.8, 4) is 17.2 Å². The van der Waals surface area contributed by atoms with E-state index in [9.17, 15) is 19.8 Å². The number of fused-ring (bicyclic) bond motifs is 2. The quantitative estimate of drug-likeness (QED) is 0.186. The molecule has 2 N–H and O–H groups in total. The zero-order valence-electron chi connectivity index (χ0n) is 28.4. The Morgan fingerprint density at radius 2 is 1.70 bits per heavy atom. The largest absolute Gasteiger partial charge is 0.506 e. The monoisotopic (exact) mass is 644 g/mol. The van der Waals surface area contributed by atoms with Gasteiger partial charge in [-0.05, 0) is 93.2 Å². The summed E-state index contributed by atoms with van der Waals surface area (Å²) in [6.45, 7) is 15.3. The minimum absolute atomic E-state index is 0.0278. The van der Waals surface area contributed by atoms with Crippen LogP contribution >= 0.6 is 0 Å². The van der Waals surface area contributed by atoms with Gasteiger partial charge in [-0.15, -0.1) is 0 Å². The molecule has 2 spiro atoms. The number of hydrogen-bond acceptors (Lipinski definition) is 8. The van der Waals surface area contributed by atoms with Crippen LogP contribution in [0.5, 0.6) is 17.2 Å². The number of allylic oxidation sites excluding steroid dienone is 4. The topological polar surface area (TPSA) is 132 Å². The number of carbonyl (C=O) groups excluding carboxylic acids is 2. The number of carboxylic acids is 1.